The van der Waals surface area contributed by atoms with Gasteiger partial charge in [-0.3, -0.25) is 13.5 Å². The molecule has 0 aliphatic rings. The van der Waals surface area contributed by atoms with E-state index in [1.54, 1.807) is 40.2 Å². The third-order valence-electron chi connectivity index (χ3n) is 9.36. The minimum Gasteiger partial charge on any atom is -0.507 e. The molecule has 3 aromatic heterocycles. The zero-order chi connectivity index (χ0) is 38.2. The van der Waals surface area contributed by atoms with Crippen LogP contribution in [0.5, 0.6) is 5.75 Å². The summed E-state index contributed by atoms with van der Waals surface area (Å²) >= 11 is 8.62. The number of aromatic nitrogens is 5. The number of carbonyl (C=O) groups is 1. The van der Waals surface area contributed by atoms with Gasteiger partial charge < -0.3 is 19.1 Å². The Morgan fingerprint density at radius 1 is 1.02 bits per heavy atom. The van der Waals surface area contributed by atoms with Crippen molar-refractivity contribution in [3.8, 4) is 16.9 Å². The molecule has 3 aromatic carbocycles. The molecule has 0 amide bonds. The SMILES string of the molecule is COC(=O)c1c(CCCOS(C)(=O)=O)c2ccc(Cl)c(-c3c(C(C)OCc4cc(CSc5cc(O)c6ccccc6c5)n(C)n4)nn(C)c3C)c2n1C. The highest BCUT2D eigenvalue weighted by Crippen LogP contribution is 2.43. The first kappa shape index (κ1) is 38.4. The lowest BCUT2D eigenvalue weighted by Crippen LogP contribution is -2.11. The highest BCUT2D eigenvalue weighted by molar-refractivity contribution is 7.98. The summed E-state index contributed by atoms with van der Waals surface area (Å²) in [7, 11) is 3.27. The second-order valence-electron chi connectivity index (χ2n) is 13.0. The first-order valence-electron chi connectivity index (χ1n) is 16.9. The number of rotatable bonds is 14. The van der Waals surface area contributed by atoms with E-state index in [1.165, 1.54) is 7.11 Å². The molecule has 0 bridgehead atoms. The highest BCUT2D eigenvalue weighted by Gasteiger charge is 2.29. The van der Waals surface area contributed by atoms with Crippen LogP contribution in [-0.4, -0.2) is 63.6 Å². The normalized spacial score (nSPS) is 12.6. The van der Waals surface area contributed by atoms with Gasteiger partial charge in [0, 0.05) is 65.1 Å². The molecule has 53 heavy (non-hydrogen) atoms. The van der Waals surface area contributed by atoms with Crippen LogP contribution in [0.4, 0.5) is 0 Å². The largest absolute Gasteiger partial charge is 0.507 e. The molecule has 1 atom stereocenters. The Morgan fingerprint density at radius 3 is 2.51 bits per heavy atom. The average molecular weight is 780 g/mol. The Balaban J connectivity index is 1.26. The number of thioether (sulfide) groups is 1. The van der Waals surface area contributed by atoms with Crippen molar-refractivity contribution in [2.45, 2.75) is 50.0 Å². The number of ether oxygens (including phenoxy) is 2. The number of phenolic OH excluding ortho intramolecular Hbond substituents is 1. The fraction of sp³-hybridized carbons (Fsp3) is 0.342. The summed E-state index contributed by atoms with van der Waals surface area (Å²) in [5, 5.41) is 23.1. The zero-order valence-corrected chi connectivity index (χ0v) is 33.0. The lowest BCUT2D eigenvalue weighted by molar-refractivity contribution is 0.0475. The standard InChI is InChI=1S/C38H42ClN5O7S2/c1-22-33(34-31(39)15-14-30-29(13-10-16-51-53(7,47)48)37(38(46)49-6)42(3)36(30)34)35(41-43(22)4)23(2)50-20-25-18-26(44(5)40-25)21-52-27-17-24-11-8-9-12-28(24)32(45)19-27/h8-9,11-12,14-15,17-19,23,45H,10,13,16,20-21H2,1-7H3. The molecule has 0 fully saturated rings. The molecule has 0 saturated carbocycles. The summed E-state index contributed by atoms with van der Waals surface area (Å²) in [6, 6.07) is 17.3. The Bertz CT molecular complexity index is 2450. The van der Waals surface area contributed by atoms with Crippen molar-refractivity contribution in [2.24, 2.45) is 21.1 Å². The fourth-order valence-electron chi connectivity index (χ4n) is 6.71. The van der Waals surface area contributed by atoms with Crippen LogP contribution in [0, 0.1) is 6.92 Å². The summed E-state index contributed by atoms with van der Waals surface area (Å²) in [5.41, 5.74) is 6.55. The number of halogens is 1. The fourth-order valence-corrected chi connectivity index (χ4v) is 8.36. The van der Waals surface area contributed by atoms with Gasteiger partial charge >= 0.3 is 5.97 Å². The molecular formula is C38H42ClN5O7S2. The van der Waals surface area contributed by atoms with Gasteiger partial charge in [-0.1, -0.05) is 41.9 Å². The monoisotopic (exact) mass is 779 g/mol. The van der Waals surface area contributed by atoms with Crippen LogP contribution in [0.25, 0.3) is 32.8 Å². The van der Waals surface area contributed by atoms with E-state index < -0.39 is 22.2 Å². The van der Waals surface area contributed by atoms with Crippen molar-refractivity contribution in [3.05, 3.63) is 93.7 Å². The second-order valence-corrected chi connectivity index (χ2v) is 16.1. The van der Waals surface area contributed by atoms with E-state index in [2.05, 4.69) is 6.07 Å². The lowest BCUT2D eigenvalue weighted by Gasteiger charge is -2.15. The molecule has 0 aliphatic heterocycles. The summed E-state index contributed by atoms with van der Waals surface area (Å²) in [4.78, 5) is 14.1. The van der Waals surface area contributed by atoms with Crippen molar-refractivity contribution in [3.63, 3.8) is 0 Å². The van der Waals surface area contributed by atoms with Crippen molar-refractivity contribution < 1.29 is 32.0 Å². The van der Waals surface area contributed by atoms with E-state index >= 15 is 0 Å². The number of carbonyl (C=O) groups excluding carboxylic acids is 1. The molecular weight excluding hydrogens is 738 g/mol. The maximum Gasteiger partial charge on any atom is 0.354 e. The lowest BCUT2D eigenvalue weighted by atomic mass is 9.97. The molecule has 280 valence electrons. The molecule has 6 rings (SSSR count). The molecule has 0 aliphatic carbocycles. The topological polar surface area (TPSA) is 140 Å². The van der Waals surface area contributed by atoms with Crippen LogP contribution < -0.4 is 0 Å². The minimum atomic E-state index is -3.60. The van der Waals surface area contributed by atoms with E-state index in [0.29, 0.717) is 51.6 Å². The number of aryl methyl sites for hydroxylation is 4. The molecule has 1 unspecified atom stereocenters. The van der Waals surface area contributed by atoms with E-state index in [-0.39, 0.29) is 19.0 Å². The molecule has 1 N–H and O–H groups in total. The smallest absolute Gasteiger partial charge is 0.354 e. The van der Waals surface area contributed by atoms with Crippen molar-refractivity contribution in [1.82, 2.24) is 24.1 Å². The number of nitrogens with zero attached hydrogens (tertiary/aromatic N) is 5. The van der Waals surface area contributed by atoms with E-state index in [4.69, 9.17) is 35.5 Å². The maximum atomic E-state index is 13.2. The van der Waals surface area contributed by atoms with Gasteiger partial charge in [0.25, 0.3) is 10.1 Å². The number of hydrogen-bond acceptors (Lipinski definition) is 10. The first-order valence-corrected chi connectivity index (χ1v) is 20.1. The third kappa shape index (κ3) is 7.97. The molecule has 6 aromatic rings. The molecule has 15 heteroatoms. The van der Waals surface area contributed by atoms with Gasteiger partial charge in [0.05, 0.1) is 54.6 Å². The Hall–Kier alpha value is -4.34. The Morgan fingerprint density at radius 2 is 1.77 bits per heavy atom. The summed E-state index contributed by atoms with van der Waals surface area (Å²) in [6.45, 7) is 4.10. The van der Waals surface area contributed by atoms with Gasteiger partial charge in [0.1, 0.15) is 11.4 Å². The number of aromatic hydroxyl groups is 1. The third-order valence-corrected chi connectivity index (χ3v) is 11.3. The van der Waals surface area contributed by atoms with Crippen LogP contribution in [-0.2, 0) is 63.7 Å². The predicted octanol–water partition coefficient (Wildman–Crippen LogP) is 7.40. The van der Waals surface area contributed by atoms with Gasteiger partial charge in [-0.25, -0.2) is 4.79 Å². The molecule has 12 nitrogen and oxygen atoms in total. The highest BCUT2D eigenvalue weighted by atomic mass is 35.5. The van der Waals surface area contributed by atoms with E-state index in [0.717, 1.165) is 50.0 Å². The molecule has 0 saturated heterocycles. The number of hydrogen-bond donors (Lipinski definition) is 1. The minimum absolute atomic E-state index is 0.0252. The van der Waals surface area contributed by atoms with Gasteiger partial charge in [0.15, 0.2) is 0 Å². The van der Waals surface area contributed by atoms with Crippen molar-refractivity contribution in [1.29, 1.82) is 0 Å². The van der Waals surface area contributed by atoms with Crippen LogP contribution >= 0.6 is 23.4 Å². The van der Waals surface area contributed by atoms with E-state index in [1.807, 2.05) is 69.0 Å². The van der Waals surface area contributed by atoms with E-state index in [9.17, 15) is 18.3 Å². The van der Waals surface area contributed by atoms with Crippen molar-refractivity contribution >= 4 is 61.1 Å². The Labute approximate surface area is 317 Å². The summed E-state index contributed by atoms with van der Waals surface area (Å²) in [6.07, 6.45) is 1.26. The summed E-state index contributed by atoms with van der Waals surface area (Å²) in [5.74, 6) is 0.391. The predicted molar refractivity (Wildman–Crippen MR) is 207 cm³/mol. The molecule has 3 heterocycles. The number of esters is 1. The second kappa shape index (κ2) is 15.6. The van der Waals surface area contributed by atoms with Crippen molar-refractivity contribution in [2.75, 3.05) is 20.0 Å². The maximum absolute atomic E-state index is 13.2. The number of methoxy groups -OCH3 is 1. The van der Waals surface area contributed by atoms with Crippen LogP contribution in [0.2, 0.25) is 5.02 Å². The Kier molecular flexibility index (Phi) is 11.3. The average Bonchev–Trinajstić information content (AvgIpc) is 3.73. The quantitative estimate of drug-likeness (QED) is 0.0515. The summed E-state index contributed by atoms with van der Waals surface area (Å²) < 4.78 is 45.1. The van der Waals surface area contributed by atoms with Gasteiger partial charge in [-0.05, 0) is 61.9 Å². The van der Waals surface area contributed by atoms with Gasteiger partial charge in [0.2, 0.25) is 0 Å². The van der Waals surface area contributed by atoms with Crippen LogP contribution in [0.1, 0.15) is 58.3 Å². The van der Waals surface area contributed by atoms with Crippen LogP contribution in [0.15, 0.2) is 59.5 Å². The number of phenols is 1. The van der Waals surface area contributed by atoms with Crippen LogP contribution in [0.3, 0.4) is 0 Å². The molecule has 0 spiro atoms. The zero-order valence-electron chi connectivity index (χ0n) is 30.6. The number of fused-ring (bicyclic) bond motifs is 2. The van der Waals surface area contributed by atoms with Gasteiger partial charge in [-0.15, -0.1) is 11.8 Å². The number of benzene rings is 3. The molecule has 0 radical (unpaired) electrons. The van der Waals surface area contributed by atoms with Gasteiger partial charge in [-0.2, -0.15) is 18.6 Å². The first-order chi connectivity index (χ1) is 25.2.